The molecule has 3 N–H and O–H groups in total. The highest BCUT2D eigenvalue weighted by atomic mass is 35.5. The molecule has 0 aromatic heterocycles. The Morgan fingerprint density at radius 2 is 1.81 bits per heavy atom. The molecule has 0 atom stereocenters. The van der Waals surface area contributed by atoms with E-state index < -0.39 is 11.7 Å². The minimum absolute atomic E-state index is 0.0547. The second kappa shape index (κ2) is 5.73. The van der Waals surface area contributed by atoms with Crippen LogP contribution in [0.2, 0.25) is 5.02 Å². The molecule has 0 amide bonds. The van der Waals surface area contributed by atoms with Crippen molar-refractivity contribution in [3.8, 4) is 11.5 Å². The van der Waals surface area contributed by atoms with Gasteiger partial charge in [-0.1, -0.05) is 23.7 Å². The van der Waals surface area contributed by atoms with E-state index in [-0.39, 0.29) is 28.8 Å². The summed E-state index contributed by atoms with van der Waals surface area (Å²) in [5.41, 5.74) is -0.373. The predicted molar refractivity (Wildman–Crippen MR) is 73.6 cm³/mol. The van der Waals surface area contributed by atoms with Crippen LogP contribution in [0.3, 0.4) is 0 Å². The molecule has 0 unspecified atom stereocenters. The van der Waals surface area contributed by atoms with Crippen molar-refractivity contribution < 1.29 is 23.4 Å². The van der Waals surface area contributed by atoms with Crippen molar-refractivity contribution >= 4 is 17.3 Å². The van der Waals surface area contributed by atoms with E-state index in [2.05, 4.69) is 5.32 Å². The molecule has 0 radical (unpaired) electrons. The van der Waals surface area contributed by atoms with Crippen molar-refractivity contribution in [3.05, 3.63) is 52.5 Å². The normalized spacial score (nSPS) is 11.4. The lowest BCUT2D eigenvalue weighted by Crippen LogP contribution is -2.07. The molecule has 0 heterocycles. The topological polar surface area (TPSA) is 52.5 Å². The van der Waals surface area contributed by atoms with Gasteiger partial charge in [0.25, 0.3) is 0 Å². The number of benzene rings is 2. The summed E-state index contributed by atoms with van der Waals surface area (Å²) in [4.78, 5) is 0. The van der Waals surface area contributed by atoms with Gasteiger partial charge in [-0.15, -0.1) is 0 Å². The molecule has 0 aliphatic rings. The lowest BCUT2D eigenvalue weighted by Gasteiger charge is -2.13. The molecular weight excluding hydrogens is 307 g/mol. The van der Waals surface area contributed by atoms with E-state index in [0.717, 1.165) is 12.1 Å². The van der Waals surface area contributed by atoms with Crippen molar-refractivity contribution in [2.24, 2.45) is 0 Å². The molecule has 3 nitrogen and oxygen atoms in total. The van der Waals surface area contributed by atoms with Crippen LogP contribution >= 0.6 is 11.6 Å². The zero-order valence-electron chi connectivity index (χ0n) is 10.6. The molecule has 2 rings (SSSR count). The number of hydrogen-bond donors (Lipinski definition) is 3. The summed E-state index contributed by atoms with van der Waals surface area (Å²) in [5.74, 6) is -0.601. The number of nitrogens with one attached hydrogen (secondary N) is 1. The Hall–Kier alpha value is -2.08. The van der Waals surface area contributed by atoms with Gasteiger partial charge in [-0.05, 0) is 24.3 Å². The van der Waals surface area contributed by atoms with Gasteiger partial charge in [0.15, 0.2) is 11.5 Å². The van der Waals surface area contributed by atoms with Crippen LogP contribution in [-0.2, 0) is 12.7 Å². The Morgan fingerprint density at radius 1 is 1.10 bits per heavy atom. The smallest absolute Gasteiger partial charge is 0.417 e. The minimum Gasteiger partial charge on any atom is -0.504 e. The summed E-state index contributed by atoms with van der Waals surface area (Å²) in [6.07, 6.45) is -4.54. The van der Waals surface area contributed by atoms with Crippen molar-refractivity contribution in [2.45, 2.75) is 12.7 Å². The van der Waals surface area contributed by atoms with Gasteiger partial charge in [-0.25, -0.2) is 0 Å². The third-order valence-electron chi connectivity index (χ3n) is 2.85. The SMILES string of the molecule is Oc1cccc(CNc2ccc(Cl)c(C(F)(F)F)c2)c1O. The van der Waals surface area contributed by atoms with Gasteiger partial charge in [0.2, 0.25) is 0 Å². The second-order valence-electron chi connectivity index (χ2n) is 4.33. The molecule has 112 valence electrons. The van der Waals surface area contributed by atoms with Crippen LogP contribution in [0.5, 0.6) is 11.5 Å². The van der Waals surface area contributed by atoms with E-state index in [9.17, 15) is 23.4 Å². The molecule has 2 aromatic rings. The summed E-state index contributed by atoms with van der Waals surface area (Å²) < 4.78 is 38.2. The Kier molecular flexibility index (Phi) is 4.18. The number of alkyl halides is 3. The van der Waals surface area contributed by atoms with Crippen molar-refractivity contribution in [1.29, 1.82) is 0 Å². The summed E-state index contributed by atoms with van der Waals surface area (Å²) in [5, 5.41) is 21.3. The fourth-order valence-corrected chi connectivity index (χ4v) is 1.99. The first-order chi connectivity index (χ1) is 9.79. The quantitative estimate of drug-likeness (QED) is 0.736. The van der Waals surface area contributed by atoms with Crippen LogP contribution in [0.1, 0.15) is 11.1 Å². The average Bonchev–Trinajstić information content (AvgIpc) is 2.40. The third-order valence-corrected chi connectivity index (χ3v) is 3.18. The van der Waals surface area contributed by atoms with Crippen LogP contribution in [0.25, 0.3) is 0 Å². The molecule has 0 fully saturated rings. The highest BCUT2D eigenvalue weighted by Gasteiger charge is 2.33. The number of halogens is 4. The monoisotopic (exact) mass is 317 g/mol. The first kappa shape index (κ1) is 15.3. The maximum absolute atomic E-state index is 12.7. The zero-order valence-corrected chi connectivity index (χ0v) is 11.3. The van der Waals surface area contributed by atoms with E-state index in [1.807, 2.05) is 0 Å². The maximum Gasteiger partial charge on any atom is 0.417 e. The predicted octanol–water partition coefficient (Wildman–Crippen LogP) is 4.38. The van der Waals surface area contributed by atoms with Gasteiger partial charge < -0.3 is 15.5 Å². The van der Waals surface area contributed by atoms with Crippen LogP contribution in [0, 0.1) is 0 Å². The molecule has 0 aliphatic carbocycles. The number of para-hydroxylation sites is 1. The molecule has 0 saturated carbocycles. The molecule has 0 aliphatic heterocycles. The van der Waals surface area contributed by atoms with Crippen LogP contribution in [0.4, 0.5) is 18.9 Å². The van der Waals surface area contributed by atoms with E-state index in [1.54, 1.807) is 6.07 Å². The standard InChI is InChI=1S/C14H11ClF3NO2/c15-11-5-4-9(6-10(11)14(16,17)18)19-7-8-2-1-3-12(20)13(8)21/h1-6,19-21H,7H2. The van der Waals surface area contributed by atoms with Crippen LogP contribution in [-0.4, -0.2) is 10.2 Å². The molecule has 0 saturated heterocycles. The van der Waals surface area contributed by atoms with Gasteiger partial charge >= 0.3 is 6.18 Å². The lowest BCUT2D eigenvalue weighted by molar-refractivity contribution is -0.137. The lowest BCUT2D eigenvalue weighted by atomic mass is 10.1. The first-order valence-corrected chi connectivity index (χ1v) is 6.27. The summed E-state index contributed by atoms with van der Waals surface area (Å²) in [6.45, 7) is 0.0547. The van der Waals surface area contributed by atoms with Crippen LogP contribution in [0.15, 0.2) is 36.4 Å². The Morgan fingerprint density at radius 3 is 2.48 bits per heavy atom. The van der Waals surface area contributed by atoms with Gasteiger partial charge in [0, 0.05) is 17.8 Å². The Balaban J connectivity index is 2.19. The van der Waals surface area contributed by atoms with E-state index in [4.69, 9.17) is 11.6 Å². The highest BCUT2D eigenvalue weighted by molar-refractivity contribution is 6.31. The molecular formula is C14H11ClF3NO2. The number of hydrogen-bond acceptors (Lipinski definition) is 3. The summed E-state index contributed by atoms with van der Waals surface area (Å²) >= 11 is 5.52. The highest BCUT2D eigenvalue weighted by Crippen LogP contribution is 2.36. The number of rotatable bonds is 3. The summed E-state index contributed by atoms with van der Waals surface area (Å²) in [7, 11) is 0. The van der Waals surface area contributed by atoms with Crippen molar-refractivity contribution in [3.63, 3.8) is 0 Å². The van der Waals surface area contributed by atoms with E-state index in [0.29, 0.717) is 5.56 Å². The van der Waals surface area contributed by atoms with Gasteiger partial charge in [-0.2, -0.15) is 13.2 Å². The number of phenols is 2. The Labute approximate surface area is 123 Å². The fraction of sp³-hybridized carbons (Fsp3) is 0.143. The first-order valence-electron chi connectivity index (χ1n) is 5.89. The largest absolute Gasteiger partial charge is 0.504 e. The average molecular weight is 318 g/mol. The fourth-order valence-electron chi connectivity index (χ4n) is 1.77. The zero-order chi connectivity index (χ0) is 15.6. The van der Waals surface area contributed by atoms with Crippen LogP contribution < -0.4 is 5.32 Å². The molecule has 7 heteroatoms. The number of anilines is 1. The molecule has 0 spiro atoms. The molecule has 21 heavy (non-hydrogen) atoms. The Bertz CT molecular complexity index is 659. The number of phenolic OH excluding ortho intramolecular Hbond substituents is 2. The van der Waals surface area contributed by atoms with Gasteiger partial charge in [-0.3, -0.25) is 0 Å². The molecule has 2 aromatic carbocycles. The minimum atomic E-state index is -4.54. The third kappa shape index (κ3) is 3.52. The number of aromatic hydroxyl groups is 2. The van der Waals surface area contributed by atoms with Gasteiger partial charge in [0.1, 0.15) is 0 Å². The van der Waals surface area contributed by atoms with Gasteiger partial charge in [0.05, 0.1) is 10.6 Å². The van der Waals surface area contributed by atoms with Crippen molar-refractivity contribution in [1.82, 2.24) is 0 Å². The van der Waals surface area contributed by atoms with E-state index in [1.165, 1.54) is 18.2 Å². The molecule has 0 bridgehead atoms. The summed E-state index contributed by atoms with van der Waals surface area (Å²) in [6, 6.07) is 7.81. The van der Waals surface area contributed by atoms with E-state index >= 15 is 0 Å². The maximum atomic E-state index is 12.7. The second-order valence-corrected chi connectivity index (χ2v) is 4.74. The van der Waals surface area contributed by atoms with Crippen molar-refractivity contribution in [2.75, 3.05) is 5.32 Å².